The molecule has 1 aliphatic carbocycles. The lowest BCUT2D eigenvalue weighted by atomic mass is 9.95. The van der Waals surface area contributed by atoms with Crippen LogP contribution < -0.4 is 11.3 Å². The zero-order chi connectivity index (χ0) is 21.3. The number of ketones is 1. The molecule has 0 amide bonds. The van der Waals surface area contributed by atoms with Crippen molar-refractivity contribution in [2.75, 3.05) is 12.8 Å². The first-order valence-corrected chi connectivity index (χ1v) is 10.1. The number of nitrogen functional groups attached to an aromatic ring is 1. The number of nitrogens with two attached hydrogens (primary N) is 1. The van der Waals surface area contributed by atoms with Crippen LogP contribution in [0.2, 0.25) is 0 Å². The van der Waals surface area contributed by atoms with E-state index in [0.717, 1.165) is 11.3 Å². The highest BCUT2D eigenvalue weighted by Gasteiger charge is 2.21. The summed E-state index contributed by atoms with van der Waals surface area (Å²) in [5, 5.41) is 1.93. The first kappa shape index (κ1) is 19.6. The number of carbonyl (C=O) groups is 1. The molecule has 3 aromatic rings. The summed E-state index contributed by atoms with van der Waals surface area (Å²) in [5.74, 6) is 0.298. The van der Waals surface area contributed by atoms with Crippen molar-refractivity contribution in [3.8, 4) is 11.3 Å². The first-order valence-electron chi connectivity index (χ1n) is 9.22. The van der Waals surface area contributed by atoms with E-state index in [4.69, 9.17) is 10.5 Å². The molecule has 4 rings (SSSR count). The van der Waals surface area contributed by atoms with Crippen molar-refractivity contribution in [1.29, 1.82) is 0 Å². The normalized spacial score (nSPS) is 15.2. The molecule has 0 saturated heterocycles. The topological polar surface area (TPSA) is 86.7 Å². The van der Waals surface area contributed by atoms with E-state index in [9.17, 15) is 9.59 Å². The molecule has 0 bridgehead atoms. The van der Waals surface area contributed by atoms with E-state index in [1.165, 1.54) is 18.4 Å². The van der Waals surface area contributed by atoms with E-state index < -0.39 is 5.56 Å². The second-order valence-electron chi connectivity index (χ2n) is 6.67. The molecule has 2 N–H and O–H groups in total. The summed E-state index contributed by atoms with van der Waals surface area (Å²) >= 11 is 1.35. The molecule has 7 heteroatoms. The van der Waals surface area contributed by atoms with Gasteiger partial charge in [0.2, 0.25) is 5.78 Å². The zero-order valence-corrected chi connectivity index (χ0v) is 17.1. The Labute approximate surface area is 177 Å². The molecule has 0 saturated carbocycles. The van der Waals surface area contributed by atoms with Gasteiger partial charge in [-0.2, -0.15) is 4.98 Å². The molecule has 2 heterocycles. The van der Waals surface area contributed by atoms with Gasteiger partial charge in [0.1, 0.15) is 5.82 Å². The first-order chi connectivity index (χ1) is 14.5. The third kappa shape index (κ3) is 3.40. The minimum Gasteiger partial charge on any atom is -0.493 e. The summed E-state index contributed by atoms with van der Waals surface area (Å²) in [5.41, 5.74) is 9.26. The lowest BCUT2D eigenvalue weighted by Crippen LogP contribution is -2.17. The van der Waals surface area contributed by atoms with Crippen LogP contribution in [0.25, 0.3) is 22.3 Å². The number of Topliss-reactive ketones (excluding diaryl/α,β-unsaturated/α-hetero) is 1. The highest BCUT2D eigenvalue weighted by Crippen LogP contribution is 2.29. The monoisotopic (exact) mass is 417 g/mol. The van der Waals surface area contributed by atoms with E-state index in [-0.39, 0.29) is 17.1 Å². The van der Waals surface area contributed by atoms with Crippen molar-refractivity contribution >= 4 is 34.0 Å². The van der Waals surface area contributed by atoms with Gasteiger partial charge in [0.05, 0.1) is 18.4 Å². The van der Waals surface area contributed by atoms with Crippen LogP contribution in [0.15, 0.2) is 82.2 Å². The Hall–Kier alpha value is -3.71. The van der Waals surface area contributed by atoms with Gasteiger partial charge in [0.15, 0.2) is 10.7 Å². The van der Waals surface area contributed by atoms with E-state index >= 15 is 0 Å². The van der Waals surface area contributed by atoms with Gasteiger partial charge in [0.25, 0.3) is 5.56 Å². The smallest absolute Gasteiger partial charge is 0.283 e. The standard InChI is InChI=1S/C23H19N3O3S/c1-3-7-16-10-14(12-19(29-2)20(16)27)11-17-21(24)26-18(15-8-5-4-6-9-15)13-30-23(26)25-22(17)28/h3-6,8-13H,1,7,24H2,2H3/b14-11-. The largest absolute Gasteiger partial charge is 0.493 e. The number of rotatable bonds is 5. The Morgan fingerprint density at radius 3 is 2.70 bits per heavy atom. The molecule has 30 heavy (non-hydrogen) atoms. The minimum absolute atomic E-state index is 0.197. The second-order valence-corrected chi connectivity index (χ2v) is 7.51. The highest BCUT2D eigenvalue weighted by molar-refractivity contribution is 7.15. The number of aromatic nitrogens is 2. The predicted molar refractivity (Wildman–Crippen MR) is 120 cm³/mol. The van der Waals surface area contributed by atoms with E-state index in [1.54, 1.807) is 28.7 Å². The molecule has 2 aromatic heterocycles. The predicted octanol–water partition coefficient (Wildman–Crippen LogP) is 4.00. The Kier molecular flexibility index (Phi) is 5.20. The Bertz CT molecular complexity index is 1310. The van der Waals surface area contributed by atoms with Gasteiger partial charge in [-0.3, -0.25) is 14.0 Å². The van der Waals surface area contributed by atoms with Gasteiger partial charge in [-0.15, -0.1) is 17.9 Å². The number of benzene rings is 1. The van der Waals surface area contributed by atoms with Crippen LogP contribution in [0.5, 0.6) is 0 Å². The van der Waals surface area contributed by atoms with Gasteiger partial charge in [-0.25, -0.2) is 0 Å². The van der Waals surface area contributed by atoms with Crippen molar-refractivity contribution in [2.24, 2.45) is 0 Å². The average Bonchev–Trinajstić information content (AvgIpc) is 3.17. The molecular formula is C23H19N3O3S. The second kappa shape index (κ2) is 7.96. The highest BCUT2D eigenvalue weighted by atomic mass is 32.1. The Morgan fingerprint density at radius 1 is 1.23 bits per heavy atom. The lowest BCUT2D eigenvalue weighted by molar-refractivity contribution is -0.115. The number of methoxy groups -OCH3 is 1. The molecule has 0 unspecified atom stereocenters. The minimum atomic E-state index is -0.426. The molecule has 0 aliphatic heterocycles. The van der Waals surface area contributed by atoms with Crippen LogP contribution >= 0.6 is 11.3 Å². The van der Waals surface area contributed by atoms with Gasteiger partial charge in [0, 0.05) is 11.0 Å². The van der Waals surface area contributed by atoms with Crippen LogP contribution in [-0.4, -0.2) is 22.3 Å². The van der Waals surface area contributed by atoms with Crippen molar-refractivity contribution in [3.63, 3.8) is 0 Å². The molecule has 0 radical (unpaired) electrons. The van der Waals surface area contributed by atoms with Crippen molar-refractivity contribution in [3.05, 3.63) is 93.3 Å². The fraction of sp³-hybridized carbons (Fsp3) is 0.0870. The molecule has 1 aliphatic rings. The molecule has 150 valence electrons. The quantitative estimate of drug-likeness (QED) is 0.634. The third-order valence-electron chi connectivity index (χ3n) is 4.77. The molecule has 0 atom stereocenters. The molecule has 0 fully saturated rings. The van der Waals surface area contributed by atoms with Crippen molar-refractivity contribution in [1.82, 2.24) is 9.38 Å². The van der Waals surface area contributed by atoms with Crippen molar-refractivity contribution < 1.29 is 9.53 Å². The van der Waals surface area contributed by atoms with Crippen LogP contribution in [0, 0.1) is 0 Å². The maximum absolute atomic E-state index is 12.7. The van der Waals surface area contributed by atoms with Crippen LogP contribution in [0.1, 0.15) is 12.0 Å². The fourth-order valence-electron chi connectivity index (χ4n) is 3.34. The summed E-state index contributed by atoms with van der Waals surface area (Å²) < 4.78 is 6.99. The third-order valence-corrected chi connectivity index (χ3v) is 5.60. The number of fused-ring (bicyclic) bond motifs is 1. The maximum atomic E-state index is 12.7. The number of hydrogen-bond acceptors (Lipinski definition) is 6. The van der Waals surface area contributed by atoms with Gasteiger partial charge < -0.3 is 10.5 Å². The Balaban J connectivity index is 1.91. The number of hydrogen-bond donors (Lipinski definition) is 1. The summed E-state index contributed by atoms with van der Waals surface area (Å²) in [4.78, 5) is 29.8. The van der Waals surface area contributed by atoms with Crippen LogP contribution in [0.3, 0.4) is 0 Å². The summed E-state index contributed by atoms with van der Waals surface area (Å²) in [6.45, 7) is 3.69. The van der Waals surface area contributed by atoms with Crippen LogP contribution in [0.4, 0.5) is 5.82 Å². The lowest BCUT2D eigenvalue weighted by Gasteiger charge is -2.14. The zero-order valence-electron chi connectivity index (χ0n) is 16.3. The molecular weight excluding hydrogens is 398 g/mol. The fourth-order valence-corrected chi connectivity index (χ4v) is 4.23. The molecule has 6 nitrogen and oxygen atoms in total. The average molecular weight is 417 g/mol. The van der Waals surface area contributed by atoms with Gasteiger partial charge >= 0.3 is 0 Å². The van der Waals surface area contributed by atoms with Gasteiger partial charge in [-0.05, 0) is 35.8 Å². The van der Waals surface area contributed by atoms with Crippen molar-refractivity contribution in [2.45, 2.75) is 6.42 Å². The Morgan fingerprint density at radius 2 is 2.00 bits per heavy atom. The van der Waals surface area contributed by atoms with Crippen LogP contribution in [-0.2, 0) is 9.53 Å². The number of allylic oxidation sites excluding steroid dienone is 5. The number of anilines is 1. The van der Waals surface area contributed by atoms with Gasteiger partial charge in [-0.1, -0.05) is 36.4 Å². The molecule has 0 spiro atoms. The maximum Gasteiger partial charge on any atom is 0.283 e. The SMILES string of the molecule is C=CCC1=C/C(=C/c2c(N)n3c(-c4ccccc4)csc3nc2=O)C=C(OC)C1=O. The van der Waals surface area contributed by atoms with E-state index in [0.29, 0.717) is 28.3 Å². The number of nitrogens with zero attached hydrogens (tertiary/aromatic N) is 2. The summed E-state index contributed by atoms with van der Waals surface area (Å²) in [7, 11) is 1.44. The summed E-state index contributed by atoms with van der Waals surface area (Å²) in [6, 6.07) is 9.77. The van der Waals surface area contributed by atoms with E-state index in [2.05, 4.69) is 11.6 Å². The molecule has 1 aromatic carbocycles. The number of carbonyl (C=O) groups excluding carboxylic acids is 1. The number of thiazole rings is 1. The van der Waals surface area contributed by atoms with E-state index in [1.807, 2.05) is 35.7 Å². The summed E-state index contributed by atoms with van der Waals surface area (Å²) in [6.07, 6.45) is 6.98. The number of ether oxygens (including phenoxy) is 1.